The minimum Gasteiger partial charge on any atom is -0.480 e. The van der Waals surface area contributed by atoms with Gasteiger partial charge in [0.1, 0.15) is 10.4 Å². The first-order valence-corrected chi connectivity index (χ1v) is 12.0. The van der Waals surface area contributed by atoms with Crippen molar-refractivity contribution in [3.05, 3.63) is 94.0 Å². The monoisotopic (exact) mass is 506 g/mol. The van der Waals surface area contributed by atoms with Gasteiger partial charge in [0, 0.05) is 18.2 Å². The summed E-state index contributed by atoms with van der Waals surface area (Å²) in [5, 5.41) is 28.7. The molecule has 35 heavy (non-hydrogen) atoms. The van der Waals surface area contributed by atoms with Gasteiger partial charge in [-0.05, 0) is 40.5 Å². The summed E-state index contributed by atoms with van der Waals surface area (Å²) in [7, 11) is 0. The number of carbonyl (C=O) groups excluding carboxylic acids is 1. The summed E-state index contributed by atoms with van der Waals surface area (Å²) < 4.78 is 0.203. The summed E-state index contributed by atoms with van der Waals surface area (Å²) >= 11 is 6.43. The van der Waals surface area contributed by atoms with Crippen LogP contribution in [0, 0.1) is 0 Å². The maximum atomic E-state index is 13.1. The van der Waals surface area contributed by atoms with Crippen LogP contribution in [0.4, 0.5) is 0 Å². The highest BCUT2D eigenvalue weighted by Gasteiger charge is 2.40. The van der Waals surface area contributed by atoms with Gasteiger partial charge in [-0.3, -0.25) is 14.7 Å². The Morgan fingerprint density at radius 2 is 1.80 bits per heavy atom. The van der Waals surface area contributed by atoms with Crippen LogP contribution in [0.5, 0.6) is 0 Å². The number of amides is 1. The van der Waals surface area contributed by atoms with Crippen molar-refractivity contribution < 1.29 is 24.9 Å². The number of aliphatic carboxylic acids is 1. The Hall–Kier alpha value is -3.37. The molecule has 3 aromatic rings. The lowest BCUT2D eigenvalue weighted by Gasteiger charge is -2.23. The standard InChI is InChI=1S/C26H22N2O5S2/c29-14-19-8-7-18(12-20(19)15-30)21-9-6-17(13-27-21)11-23-24(31)28(26(34)35-23)22(25(32)33)10-16-4-2-1-3-5-16/h1-9,11-13,22,29-30H,10,14-15H2,(H,32,33)/b23-11-/t22-/m0/s1. The average molecular weight is 507 g/mol. The number of thiocarbonyl (C=S) groups is 1. The number of aliphatic hydroxyl groups is 2. The molecule has 0 bridgehead atoms. The topological polar surface area (TPSA) is 111 Å². The summed E-state index contributed by atoms with van der Waals surface area (Å²) in [6, 6.07) is 16.9. The molecule has 1 aliphatic heterocycles. The predicted octanol–water partition coefficient (Wildman–Crippen LogP) is 3.63. The number of aromatic nitrogens is 1. The number of carboxylic acid groups (broad SMARTS) is 1. The second-order valence-corrected chi connectivity index (χ2v) is 9.55. The highest BCUT2D eigenvalue weighted by molar-refractivity contribution is 8.26. The van der Waals surface area contributed by atoms with Gasteiger partial charge >= 0.3 is 5.97 Å². The molecular formula is C26H22N2O5S2. The molecule has 1 aromatic heterocycles. The third kappa shape index (κ3) is 5.49. The largest absolute Gasteiger partial charge is 0.480 e. The first kappa shape index (κ1) is 24.7. The van der Waals surface area contributed by atoms with Crippen molar-refractivity contribution in [1.29, 1.82) is 0 Å². The third-order valence-corrected chi connectivity index (χ3v) is 6.95. The highest BCUT2D eigenvalue weighted by atomic mass is 32.2. The number of carbonyl (C=O) groups is 2. The van der Waals surface area contributed by atoms with E-state index >= 15 is 0 Å². The van der Waals surface area contributed by atoms with Gasteiger partial charge in [-0.2, -0.15) is 0 Å². The molecule has 1 amide bonds. The number of pyridine rings is 1. The van der Waals surface area contributed by atoms with Gasteiger partial charge in [-0.15, -0.1) is 0 Å². The van der Waals surface area contributed by atoms with Crippen LogP contribution < -0.4 is 0 Å². The first-order valence-electron chi connectivity index (χ1n) is 10.7. The average Bonchev–Trinajstić information content (AvgIpc) is 3.15. The van der Waals surface area contributed by atoms with E-state index in [0.717, 1.165) is 22.9 Å². The Morgan fingerprint density at radius 1 is 1.06 bits per heavy atom. The van der Waals surface area contributed by atoms with Crippen LogP contribution in [0.3, 0.4) is 0 Å². The number of carboxylic acids is 1. The molecule has 1 aliphatic rings. The number of nitrogens with zero attached hydrogens (tertiary/aromatic N) is 2. The van der Waals surface area contributed by atoms with E-state index in [9.17, 15) is 24.9 Å². The van der Waals surface area contributed by atoms with Crippen LogP contribution in [-0.4, -0.2) is 47.4 Å². The van der Waals surface area contributed by atoms with Gasteiger partial charge in [0.2, 0.25) is 0 Å². The lowest BCUT2D eigenvalue weighted by Crippen LogP contribution is -2.45. The number of rotatable bonds is 8. The van der Waals surface area contributed by atoms with Crippen molar-refractivity contribution in [2.24, 2.45) is 0 Å². The van der Waals surface area contributed by atoms with Crippen molar-refractivity contribution in [2.75, 3.05) is 0 Å². The van der Waals surface area contributed by atoms with E-state index < -0.39 is 17.9 Å². The summed E-state index contributed by atoms with van der Waals surface area (Å²) in [6.45, 7) is -0.347. The zero-order valence-corrected chi connectivity index (χ0v) is 20.1. The van der Waals surface area contributed by atoms with Crippen molar-refractivity contribution in [1.82, 2.24) is 9.88 Å². The van der Waals surface area contributed by atoms with E-state index in [1.54, 1.807) is 36.5 Å². The zero-order valence-electron chi connectivity index (χ0n) is 18.5. The first-order chi connectivity index (χ1) is 16.9. The van der Waals surface area contributed by atoms with Gasteiger partial charge in [0.05, 0.1) is 23.8 Å². The van der Waals surface area contributed by atoms with E-state index in [0.29, 0.717) is 27.3 Å². The molecule has 9 heteroatoms. The van der Waals surface area contributed by atoms with Crippen molar-refractivity contribution in [3.63, 3.8) is 0 Å². The van der Waals surface area contributed by atoms with Gasteiger partial charge < -0.3 is 15.3 Å². The number of hydrogen-bond acceptors (Lipinski definition) is 7. The van der Waals surface area contributed by atoms with Gasteiger partial charge in [0.15, 0.2) is 0 Å². The molecule has 2 aromatic carbocycles. The quantitative estimate of drug-likeness (QED) is 0.314. The molecule has 4 rings (SSSR count). The predicted molar refractivity (Wildman–Crippen MR) is 138 cm³/mol. The van der Waals surface area contributed by atoms with Crippen LogP contribution in [0.1, 0.15) is 22.3 Å². The molecule has 0 unspecified atom stereocenters. The van der Waals surface area contributed by atoms with Crippen LogP contribution in [0.15, 0.2) is 71.8 Å². The molecule has 2 heterocycles. The molecule has 1 atom stereocenters. The summed E-state index contributed by atoms with van der Waals surface area (Å²) in [4.78, 5) is 31.0. The van der Waals surface area contributed by atoms with Crippen LogP contribution in [0.25, 0.3) is 17.3 Å². The van der Waals surface area contributed by atoms with Crippen LogP contribution >= 0.6 is 24.0 Å². The summed E-state index contributed by atoms with van der Waals surface area (Å²) in [5.41, 5.74) is 4.20. The molecule has 0 saturated carbocycles. The van der Waals surface area contributed by atoms with E-state index in [1.165, 1.54) is 4.90 Å². The van der Waals surface area contributed by atoms with E-state index in [2.05, 4.69) is 4.98 Å². The summed E-state index contributed by atoms with van der Waals surface area (Å²) in [5.74, 6) is -1.56. The Kier molecular flexibility index (Phi) is 7.72. The number of thioether (sulfide) groups is 1. The molecule has 0 aliphatic carbocycles. The molecule has 0 radical (unpaired) electrons. The minimum atomic E-state index is -1.12. The minimum absolute atomic E-state index is 0.150. The molecule has 0 spiro atoms. The summed E-state index contributed by atoms with van der Waals surface area (Å²) in [6.07, 6.45) is 3.40. The van der Waals surface area contributed by atoms with Gasteiger partial charge in [-0.1, -0.05) is 72.5 Å². The van der Waals surface area contributed by atoms with Gasteiger partial charge in [0.25, 0.3) is 5.91 Å². The number of aliphatic hydroxyl groups excluding tert-OH is 2. The second kappa shape index (κ2) is 10.9. The smallest absolute Gasteiger partial charge is 0.327 e. The molecule has 1 saturated heterocycles. The fourth-order valence-electron chi connectivity index (χ4n) is 3.77. The molecule has 1 fully saturated rings. The maximum absolute atomic E-state index is 13.1. The Labute approximate surface area is 211 Å². The molecule has 7 nitrogen and oxygen atoms in total. The number of benzene rings is 2. The van der Waals surface area contributed by atoms with Crippen LogP contribution in [-0.2, 0) is 29.2 Å². The third-order valence-electron chi connectivity index (χ3n) is 5.62. The Morgan fingerprint density at radius 3 is 2.43 bits per heavy atom. The van der Waals surface area contributed by atoms with Crippen molar-refractivity contribution >= 4 is 46.3 Å². The Bertz CT molecular complexity index is 1290. The normalized spacial score (nSPS) is 15.6. The van der Waals surface area contributed by atoms with E-state index in [1.807, 2.05) is 36.4 Å². The van der Waals surface area contributed by atoms with Crippen molar-refractivity contribution in [2.45, 2.75) is 25.7 Å². The molecule has 178 valence electrons. The van der Waals surface area contributed by atoms with E-state index in [-0.39, 0.29) is 24.0 Å². The fourth-order valence-corrected chi connectivity index (χ4v) is 5.13. The SMILES string of the molecule is O=C(O)[C@H](Cc1ccccc1)N1C(=O)/C(=C/c2ccc(-c3ccc(CO)c(CO)c3)nc2)SC1=S. The van der Waals surface area contributed by atoms with Crippen LogP contribution in [0.2, 0.25) is 0 Å². The maximum Gasteiger partial charge on any atom is 0.327 e. The second-order valence-electron chi connectivity index (χ2n) is 7.87. The lowest BCUT2D eigenvalue weighted by atomic mass is 10.0. The lowest BCUT2D eigenvalue weighted by molar-refractivity contribution is -0.145. The zero-order chi connectivity index (χ0) is 24.9. The highest BCUT2D eigenvalue weighted by Crippen LogP contribution is 2.35. The van der Waals surface area contributed by atoms with Crippen molar-refractivity contribution in [3.8, 4) is 11.3 Å². The molecular weight excluding hydrogens is 484 g/mol. The Balaban J connectivity index is 1.55. The number of hydrogen-bond donors (Lipinski definition) is 3. The molecule has 3 N–H and O–H groups in total. The van der Waals surface area contributed by atoms with E-state index in [4.69, 9.17) is 12.2 Å². The van der Waals surface area contributed by atoms with Gasteiger partial charge in [-0.25, -0.2) is 4.79 Å². The fraction of sp³-hybridized carbons (Fsp3) is 0.154.